The molecule has 5 heteroatoms. The minimum Gasteiger partial charge on any atom is -0.468 e. The summed E-state index contributed by atoms with van der Waals surface area (Å²) in [5, 5.41) is 3.05. The van der Waals surface area contributed by atoms with E-state index in [-0.39, 0.29) is 12.5 Å². The molecular formula is C7H13N3O2. The standard InChI is InChI=1S/C7H13N3O2/c1-10(5-6(11)12-2)7-8-3-4-9-7/h3-5H2,1-2H3,(H,8,9). The van der Waals surface area contributed by atoms with Crippen molar-refractivity contribution >= 4 is 11.9 Å². The zero-order valence-electron chi connectivity index (χ0n) is 7.33. The molecule has 1 N–H and O–H groups in total. The maximum atomic E-state index is 10.8. The lowest BCUT2D eigenvalue weighted by Crippen LogP contribution is -2.39. The van der Waals surface area contributed by atoms with Gasteiger partial charge in [0.25, 0.3) is 0 Å². The highest BCUT2D eigenvalue weighted by atomic mass is 16.5. The van der Waals surface area contributed by atoms with Crippen molar-refractivity contribution in [3.05, 3.63) is 0 Å². The molecule has 0 saturated carbocycles. The summed E-state index contributed by atoms with van der Waals surface area (Å²) in [6, 6.07) is 0. The Kier molecular flexibility index (Phi) is 2.90. The Morgan fingerprint density at radius 2 is 2.58 bits per heavy atom. The number of aliphatic imine (C=N–C) groups is 1. The fraction of sp³-hybridized carbons (Fsp3) is 0.714. The second-order valence-corrected chi connectivity index (χ2v) is 2.56. The van der Waals surface area contributed by atoms with Gasteiger partial charge in [-0.15, -0.1) is 0 Å². The summed E-state index contributed by atoms with van der Waals surface area (Å²) in [5.74, 6) is 0.509. The van der Waals surface area contributed by atoms with Crippen molar-refractivity contribution in [3.8, 4) is 0 Å². The van der Waals surface area contributed by atoms with E-state index in [9.17, 15) is 4.79 Å². The molecule has 68 valence electrons. The fourth-order valence-electron chi connectivity index (χ4n) is 0.974. The van der Waals surface area contributed by atoms with Crippen LogP contribution in [0.4, 0.5) is 0 Å². The van der Waals surface area contributed by atoms with E-state index in [1.807, 2.05) is 0 Å². The Bertz CT molecular complexity index is 203. The van der Waals surface area contributed by atoms with Crippen LogP contribution < -0.4 is 5.32 Å². The van der Waals surface area contributed by atoms with E-state index in [2.05, 4.69) is 15.0 Å². The molecular weight excluding hydrogens is 158 g/mol. The van der Waals surface area contributed by atoms with Gasteiger partial charge in [-0.3, -0.25) is 9.79 Å². The first-order valence-corrected chi connectivity index (χ1v) is 3.80. The van der Waals surface area contributed by atoms with Gasteiger partial charge in [-0.2, -0.15) is 0 Å². The summed E-state index contributed by atoms with van der Waals surface area (Å²) in [5.41, 5.74) is 0. The number of guanidine groups is 1. The SMILES string of the molecule is COC(=O)CN(C)C1=NCCN1. The van der Waals surface area contributed by atoms with Gasteiger partial charge in [-0.05, 0) is 0 Å². The van der Waals surface area contributed by atoms with Gasteiger partial charge in [-0.1, -0.05) is 0 Å². The van der Waals surface area contributed by atoms with Crippen molar-refractivity contribution in [2.75, 3.05) is 33.8 Å². The normalized spacial score (nSPS) is 15.0. The minimum atomic E-state index is -0.256. The Morgan fingerprint density at radius 1 is 1.83 bits per heavy atom. The zero-order chi connectivity index (χ0) is 8.97. The van der Waals surface area contributed by atoms with Gasteiger partial charge in [0.05, 0.1) is 13.7 Å². The summed E-state index contributed by atoms with van der Waals surface area (Å²) < 4.78 is 4.52. The lowest BCUT2D eigenvalue weighted by Gasteiger charge is -2.16. The molecule has 0 aliphatic carbocycles. The van der Waals surface area contributed by atoms with Gasteiger partial charge in [-0.25, -0.2) is 0 Å². The molecule has 0 aromatic carbocycles. The van der Waals surface area contributed by atoms with Crippen LogP contribution in [-0.4, -0.2) is 50.6 Å². The molecule has 1 aliphatic heterocycles. The lowest BCUT2D eigenvalue weighted by atomic mass is 10.6. The summed E-state index contributed by atoms with van der Waals surface area (Å²) in [6.45, 7) is 1.87. The van der Waals surface area contributed by atoms with Gasteiger partial charge >= 0.3 is 5.97 Å². The summed E-state index contributed by atoms with van der Waals surface area (Å²) in [6.07, 6.45) is 0. The first-order chi connectivity index (χ1) is 5.74. The van der Waals surface area contributed by atoms with E-state index < -0.39 is 0 Å². The van der Waals surface area contributed by atoms with Crippen LogP contribution in [0.5, 0.6) is 0 Å². The van der Waals surface area contributed by atoms with Crippen molar-refractivity contribution in [2.45, 2.75) is 0 Å². The number of nitrogens with zero attached hydrogens (tertiary/aromatic N) is 2. The zero-order valence-corrected chi connectivity index (χ0v) is 7.33. The highest BCUT2D eigenvalue weighted by Crippen LogP contribution is 1.91. The van der Waals surface area contributed by atoms with Crippen molar-refractivity contribution in [1.82, 2.24) is 10.2 Å². The number of likely N-dealkylation sites (N-methyl/N-ethyl adjacent to an activating group) is 1. The van der Waals surface area contributed by atoms with Gasteiger partial charge in [0.2, 0.25) is 0 Å². The van der Waals surface area contributed by atoms with Crippen molar-refractivity contribution in [3.63, 3.8) is 0 Å². The predicted octanol–water partition coefficient (Wildman–Crippen LogP) is -0.950. The molecule has 0 unspecified atom stereocenters. The Hall–Kier alpha value is -1.26. The Labute approximate surface area is 71.4 Å². The van der Waals surface area contributed by atoms with Crippen LogP contribution in [-0.2, 0) is 9.53 Å². The van der Waals surface area contributed by atoms with Crippen molar-refractivity contribution in [2.24, 2.45) is 4.99 Å². The molecule has 0 atom stereocenters. The summed E-state index contributed by atoms with van der Waals surface area (Å²) in [4.78, 5) is 16.7. The average molecular weight is 171 g/mol. The molecule has 0 saturated heterocycles. The number of esters is 1. The number of carbonyl (C=O) groups is 1. The second-order valence-electron chi connectivity index (χ2n) is 2.56. The molecule has 0 aromatic rings. The first-order valence-electron chi connectivity index (χ1n) is 3.80. The smallest absolute Gasteiger partial charge is 0.325 e. The average Bonchev–Trinajstić information content (AvgIpc) is 2.56. The van der Waals surface area contributed by atoms with Gasteiger partial charge in [0.15, 0.2) is 5.96 Å². The number of carbonyl (C=O) groups excluding carboxylic acids is 1. The molecule has 1 heterocycles. The van der Waals surface area contributed by atoms with Crippen LogP contribution in [0.15, 0.2) is 4.99 Å². The van der Waals surface area contributed by atoms with Crippen LogP contribution in [0.2, 0.25) is 0 Å². The molecule has 0 radical (unpaired) electrons. The third-order valence-electron chi connectivity index (χ3n) is 1.61. The first kappa shape index (κ1) is 8.83. The number of methoxy groups -OCH3 is 1. The topological polar surface area (TPSA) is 53.9 Å². The van der Waals surface area contributed by atoms with Gasteiger partial charge in [0, 0.05) is 13.6 Å². The maximum absolute atomic E-state index is 10.8. The number of hydrogen-bond acceptors (Lipinski definition) is 5. The Balaban J connectivity index is 2.37. The fourth-order valence-corrected chi connectivity index (χ4v) is 0.974. The molecule has 0 aromatic heterocycles. The second kappa shape index (κ2) is 3.94. The minimum absolute atomic E-state index is 0.238. The Morgan fingerprint density at radius 3 is 3.08 bits per heavy atom. The number of hydrogen-bond donors (Lipinski definition) is 1. The van der Waals surface area contributed by atoms with E-state index in [1.165, 1.54) is 7.11 Å². The number of rotatable bonds is 2. The van der Waals surface area contributed by atoms with Crippen molar-refractivity contribution in [1.29, 1.82) is 0 Å². The molecule has 0 spiro atoms. The third kappa shape index (κ3) is 2.11. The van der Waals surface area contributed by atoms with Crippen LogP contribution in [0.25, 0.3) is 0 Å². The molecule has 12 heavy (non-hydrogen) atoms. The van der Waals surface area contributed by atoms with E-state index in [0.717, 1.165) is 19.0 Å². The monoisotopic (exact) mass is 171 g/mol. The van der Waals surface area contributed by atoms with Crippen LogP contribution >= 0.6 is 0 Å². The molecule has 1 aliphatic rings. The molecule has 0 amide bonds. The maximum Gasteiger partial charge on any atom is 0.325 e. The number of nitrogens with one attached hydrogen (secondary N) is 1. The highest BCUT2D eigenvalue weighted by molar-refractivity contribution is 5.85. The lowest BCUT2D eigenvalue weighted by molar-refractivity contribution is -0.140. The number of ether oxygens (including phenoxy) is 1. The van der Waals surface area contributed by atoms with E-state index in [0.29, 0.717) is 0 Å². The van der Waals surface area contributed by atoms with Crippen LogP contribution in [0.1, 0.15) is 0 Å². The summed E-state index contributed by atoms with van der Waals surface area (Å²) in [7, 11) is 3.17. The van der Waals surface area contributed by atoms with Gasteiger partial charge in [0.1, 0.15) is 6.54 Å². The quantitative estimate of drug-likeness (QED) is 0.544. The predicted molar refractivity (Wildman–Crippen MR) is 45.0 cm³/mol. The van der Waals surface area contributed by atoms with E-state index in [4.69, 9.17) is 0 Å². The highest BCUT2D eigenvalue weighted by Gasteiger charge is 2.13. The van der Waals surface area contributed by atoms with Crippen molar-refractivity contribution < 1.29 is 9.53 Å². The molecule has 1 rings (SSSR count). The third-order valence-corrected chi connectivity index (χ3v) is 1.61. The molecule has 0 fully saturated rings. The van der Waals surface area contributed by atoms with Crippen LogP contribution in [0, 0.1) is 0 Å². The van der Waals surface area contributed by atoms with Gasteiger partial charge < -0.3 is 15.0 Å². The van der Waals surface area contributed by atoms with E-state index in [1.54, 1.807) is 11.9 Å². The molecule has 5 nitrogen and oxygen atoms in total. The summed E-state index contributed by atoms with van der Waals surface area (Å²) >= 11 is 0. The largest absolute Gasteiger partial charge is 0.468 e. The molecule has 0 bridgehead atoms. The van der Waals surface area contributed by atoms with E-state index >= 15 is 0 Å². The van der Waals surface area contributed by atoms with Crippen LogP contribution in [0.3, 0.4) is 0 Å².